The Morgan fingerprint density at radius 2 is 1.90 bits per heavy atom. The highest BCUT2D eigenvalue weighted by atomic mass is 16.6. The molecule has 4 heteroatoms. The lowest BCUT2D eigenvalue weighted by Crippen LogP contribution is -2.40. The van der Waals surface area contributed by atoms with Gasteiger partial charge in [-0.25, -0.2) is 4.79 Å². The van der Waals surface area contributed by atoms with Crippen molar-refractivity contribution in [2.24, 2.45) is 11.8 Å². The molecule has 0 aromatic heterocycles. The van der Waals surface area contributed by atoms with Gasteiger partial charge in [-0.2, -0.15) is 0 Å². The van der Waals surface area contributed by atoms with Gasteiger partial charge >= 0.3 is 6.09 Å². The highest BCUT2D eigenvalue weighted by Crippen LogP contribution is 2.29. The Morgan fingerprint density at radius 1 is 1.14 bits per heavy atom. The van der Waals surface area contributed by atoms with E-state index < -0.39 is 0 Å². The average molecular weight is 288 g/mol. The number of carbonyl (C=O) groups is 1. The Labute approximate surface area is 126 Å². The number of nitrogens with zero attached hydrogens (tertiary/aromatic N) is 1. The van der Waals surface area contributed by atoms with Gasteiger partial charge in [0.15, 0.2) is 0 Å². The van der Waals surface area contributed by atoms with Crippen LogP contribution < -0.4 is 5.32 Å². The van der Waals surface area contributed by atoms with E-state index in [-0.39, 0.29) is 6.09 Å². The van der Waals surface area contributed by atoms with Crippen molar-refractivity contribution in [1.29, 1.82) is 0 Å². The van der Waals surface area contributed by atoms with E-state index in [2.05, 4.69) is 5.32 Å². The van der Waals surface area contributed by atoms with Crippen molar-refractivity contribution < 1.29 is 9.53 Å². The van der Waals surface area contributed by atoms with Crippen molar-refractivity contribution in [3.05, 3.63) is 35.9 Å². The standard InChI is InChI=1S/C17H24N2O2/c20-17(21-13-14-4-2-1-3-5-14)19-10-7-15(8-11-19)16-6-9-18-12-16/h1-5,15-16,18H,6-13H2. The van der Waals surface area contributed by atoms with E-state index in [1.807, 2.05) is 35.2 Å². The Balaban J connectivity index is 1.42. The molecule has 1 unspecified atom stereocenters. The van der Waals surface area contributed by atoms with Gasteiger partial charge in [0, 0.05) is 13.1 Å². The zero-order valence-electron chi connectivity index (χ0n) is 12.5. The van der Waals surface area contributed by atoms with E-state index in [4.69, 9.17) is 4.74 Å². The van der Waals surface area contributed by atoms with Crippen LogP contribution in [0.1, 0.15) is 24.8 Å². The first-order valence-corrected chi connectivity index (χ1v) is 7.99. The third-order valence-corrected chi connectivity index (χ3v) is 4.77. The minimum absolute atomic E-state index is 0.165. The van der Waals surface area contributed by atoms with Gasteiger partial charge in [0.1, 0.15) is 6.61 Å². The molecule has 21 heavy (non-hydrogen) atoms. The minimum atomic E-state index is -0.165. The molecule has 2 aliphatic heterocycles. The minimum Gasteiger partial charge on any atom is -0.445 e. The number of carbonyl (C=O) groups excluding carboxylic acids is 1. The predicted molar refractivity (Wildman–Crippen MR) is 81.9 cm³/mol. The van der Waals surface area contributed by atoms with Crippen LogP contribution in [0.2, 0.25) is 0 Å². The average Bonchev–Trinajstić information content (AvgIpc) is 3.08. The molecule has 0 radical (unpaired) electrons. The van der Waals surface area contributed by atoms with Crippen LogP contribution in [-0.2, 0) is 11.3 Å². The monoisotopic (exact) mass is 288 g/mol. The third kappa shape index (κ3) is 3.76. The molecule has 2 saturated heterocycles. The maximum Gasteiger partial charge on any atom is 0.410 e. The summed E-state index contributed by atoms with van der Waals surface area (Å²) in [6, 6.07) is 9.85. The fourth-order valence-electron chi connectivity index (χ4n) is 3.44. The predicted octanol–water partition coefficient (Wildman–Crippen LogP) is 2.64. The molecule has 0 saturated carbocycles. The summed E-state index contributed by atoms with van der Waals surface area (Å²) in [5, 5.41) is 3.44. The van der Waals surface area contributed by atoms with E-state index in [0.717, 1.165) is 56.4 Å². The smallest absolute Gasteiger partial charge is 0.410 e. The van der Waals surface area contributed by atoms with E-state index in [0.29, 0.717) is 6.61 Å². The second-order valence-corrected chi connectivity index (χ2v) is 6.12. The highest BCUT2D eigenvalue weighted by Gasteiger charge is 2.30. The summed E-state index contributed by atoms with van der Waals surface area (Å²) >= 11 is 0. The van der Waals surface area contributed by atoms with E-state index >= 15 is 0 Å². The largest absolute Gasteiger partial charge is 0.445 e. The van der Waals surface area contributed by atoms with Gasteiger partial charge in [-0.15, -0.1) is 0 Å². The lowest BCUT2D eigenvalue weighted by atomic mass is 9.84. The number of likely N-dealkylation sites (tertiary alicyclic amines) is 1. The Bertz CT molecular complexity index is 449. The number of hydrogen-bond acceptors (Lipinski definition) is 3. The lowest BCUT2D eigenvalue weighted by Gasteiger charge is -2.34. The first-order chi connectivity index (χ1) is 10.3. The fraction of sp³-hybridized carbons (Fsp3) is 0.588. The second-order valence-electron chi connectivity index (χ2n) is 6.12. The van der Waals surface area contributed by atoms with Crippen LogP contribution in [0.25, 0.3) is 0 Å². The molecule has 1 amide bonds. The topological polar surface area (TPSA) is 41.6 Å². The molecule has 4 nitrogen and oxygen atoms in total. The number of piperidine rings is 1. The molecular formula is C17H24N2O2. The van der Waals surface area contributed by atoms with Gasteiger partial charge in [-0.1, -0.05) is 30.3 Å². The van der Waals surface area contributed by atoms with Crippen LogP contribution in [-0.4, -0.2) is 37.2 Å². The Morgan fingerprint density at radius 3 is 2.57 bits per heavy atom. The molecule has 1 aromatic rings. The second kappa shape index (κ2) is 6.94. The third-order valence-electron chi connectivity index (χ3n) is 4.77. The van der Waals surface area contributed by atoms with Gasteiger partial charge in [0.05, 0.1) is 0 Å². The SMILES string of the molecule is O=C(OCc1ccccc1)N1CCC(C2CCNC2)CC1. The van der Waals surface area contributed by atoms with Crippen molar-refractivity contribution >= 4 is 6.09 Å². The maximum absolute atomic E-state index is 12.1. The number of rotatable bonds is 3. The van der Waals surface area contributed by atoms with Crippen molar-refractivity contribution in [2.45, 2.75) is 25.9 Å². The molecule has 1 atom stereocenters. The van der Waals surface area contributed by atoms with Crippen molar-refractivity contribution in [3.8, 4) is 0 Å². The van der Waals surface area contributed by atoms with Gasteiger partial charge in [-0.3, -0.25) is 0 Å². The van der Waals surface area contributed by atoms with E-state index in [9.17, 15) is 4.79 Å². The number of ether oxygens (including phenoxy) is 1. The van der Waals surface area contributed by atoms with Crippen molar-refractivity contribution in [2.75, 3.05) is 26.2 Å². The molecule has 2 heterocycles. The normalized spacial score (nSPS) is 23.2. The highest BCUT2D eigenvalue weighted by molar-refractivity contribution is 5.67. The number of benzene rings is 1. The molecule has 2 fully saturated rings. The van der Waals surface area contributed by atoms with Crippen LogP contribution >= 0.6 is 0 Å². The molecule has 2 aliphatic rings. The summed E-state index contributed by atoms with van der Waals surface area (Å²) in [6.07, 6.45) is 3.37. The molecule has 1 aromatic carbocycles. The summed E-state index contributed by atoms with van der Waals surface area (Å²) in [5.41, 5.74) is 1.04. The number of nitrogens with one attached hydrogen (secondary N) is 1. The molecule has 0 aliphatic carbocycles. The molecule has 0 spiro atoms. The Kier molecular flexibility index (Phi) is 4.76. The summed E-state index contributed by atoms with van der Waals surface area (Å²) < 4.78 is 5.40. The molecule has 3 rings (SSSR count). The van der Waals surface area contributed by atoms with Gasteiger partial charge in [0.25, 0.3) is 0 Å². The number of amides is 1. The van der Waals surface area contributed by atoms with Crippen LogP contribution in [0.4, 0.5) is 4.79 Å². The summed E-state index contributed by atoms with van der Waals surface area (Å²) in [7, 11) is 0. The van der Waals surface area contributed by atoms with Gasteiger partial charge in [-0.05, 0) is 49.8 Å². The van der Waals surface area contributed by atoms with E-state index in [1.54, 1.807) is 0 Å². The number of hydrogen-bond donors (Lipinski definition) is 1. The Hall–Kier alpha value is -1.55. The van der Waals surface area contributed by atoms with Crippen molar-refractivity contribution in [3.63, 3.8) is 0 Å². The lowest BCUT2D eigenvalue weighted by molar-refractivity contribution is 0.0767. The van der Waals surface area contributed by atoms with Crippen LogP contribution in [0.3, 0.4) is 0 Å². The van der Waals surface area contributed by atoms with Crippen LogP contribution in [0.15, 0.2) is 30.3 Å². The molecule has 0 bridgehead atoms. The van der Waals surface area contributed by atoms with Crippen LogP contribution in [0.5, 0.6) is 0 Å². The van der Waals surface area contributed by atoms with E-state index in [1.165, 1.54) is 6.42 Å². The summed E-state index contributed by atoms with van der Waals surface area (Å²) in [5.74, 6) is 1.59. The maximum atomic E-state index is 12.1. The first kappa shape index (κ1) is 14.4. The zero-order chi connectivity index (χ0) is 14.5. The summed E-state index contributed by atoms with van der Waals surface area (Å²) in [6.45, 7) is 4.36. The van der Waals surface area contributed by atoms with Crippen LogP contribution in [0, 0.1) is 11.8 Å². The first-order valence-electron chi connectivity index (χ1n) is 7.99. The zero-order valence-corrected chi connectivity index (χ0v) is 12.5. The quantitative estimate of drug-likeness (QED) is 0.929. The molecule has 1 N–H and O–H groups in total. The summed E-state index contributed by atoms with van der Waals surface area (Å²) in [4.78, 5) is 14.0. The van der Waals surface area contributed by atoms with Gasteiger partial charge < -0.3 is 15.0 Å². The van der Waals surface area contributed by atoms with Gasteiger partial charge in [0.2, 0.25) is 0 Å². The fourth-order valence-corrected chi connectivity index (χ4v) is 3.44. The molecule has 114 valence electrons. The van der Waals surface area contributed by atoms with Crippen molar-refractivity contribution in [1.82, 2.24) is 10.2 Å². The molecular weight excluding hydrogens is 264 g/mol.